The number of piperidine rings is 1. The minimum absolute atomic E-state index is 0. The lowest BCUT2D eigenvalue weighted by molar-refractivity contribution is -0.131. The highest BCUT2D eigenvalue weighted by atomic mass is 35.5. The highest BCUT2D eigenvalue weighted by Crippen LogP contribution is 2.12. The van der Waals surface area contributed by atoms with Gasteiger partial charge in [-0.2, -0.15) is 0 Å². The lowest BCUT2D eigenvalue weighted by Gasteiger charge is -2.31. The molecule has 1 aromatic rings. The van der Waals surface area contributed by atoms with Crippen molar-refractivity contribution in [2.24, 2.45) is 0 Å². The molecule has 1 saturated heterocycles. The van der Waals surface area contributed by atoms with E-state index in [-0.39, 0.29) is 24.1 Å². The highest BCUT2D eigenvalue weighted by Gasteiger charge is 2.21. The number of halogens is 2. The SMILES string of the molecule is CNC1CCN(C(=O)Cc2ccc(F)cc2)CC1.Cl. The van der Waals surface area contributed by atoms with Crippen LogP contribution in [0.2, 0.25) is 0 Å². The molecule has 1 amide bonds. The van der Waals surface area contributed by atoms with Gasteiger partial charge in [0, 0.05) is 19.1 Å². The molecule has 19 heavy (non-hydrogen) atoms. The van der Waals surface area contributed by atoms with E-state index in [1.807, 2.05) is 11.9 Å². The summed E-state index contributed by atoms with van der Waals surface area (Å²) in [5.74, 6) is -0.128. The molecule has 0 bridgehead atoms. The molecule has 0 saturated carbocycles. The van der Waals surface area contributed by atoms with Crippen molar-refractivity contribution >= 4 is 18.3 Å². The fourth-order valence-corrected chi connectivity index (χ4v) is 2.31. The maximum atomic E-state index is 12.8. The molecular weight excluding hydrogens is 267 g/mol. The van der Waals surface area contributed by atoms with E-state index in [0.29, 0.717) is 12.5 Å². The number of nitrogens with one attached hydrogen (secondary N) is 1. The average Bonchev–Trinajstić information content (AvgIpc) is 2.41. The van der Waals surface area contributed by atoms with Crippen molar-refractivity contribution in [1.82, 2.24) is 10.2 Å². The molecule has 3 nitrogen and oxygen atoms in total. The summed E-state index contributed by atoms with van der Waals surface area (Å²) in [6, 6.07) is 6.67. The fourth-order valence-electron chi connectivity index (χ4n) is 2.31. The third kappa shape index (κ3) is 4.48. The third-order valence-corrected chi connectivity index (χ3v) is 3.52. The summed E-state index contributed by atoms with van der Waals surface area (Å²) in [5.41, 5.74) is 0.872. The van der Waals surface area contributed by atoms with Crippen LogP contribution in [0.25, 0.3) is 0 Å². The predicted molar refractivity (Wildman–Crippen MR) is 76.0 cm³/mol. The number of carbonyl (C=O) groups is 1. The monoisotopic (exact) mass is 286 g/mol. The first kappa shape index (κ1) is 15.9. The zero-order valence-electron chi connectivity index (χ0n) is 11.1. The molecule has 5 heteroatoms. The number of benzene rings is 1. The summed E-state index contributed by atoms with van der Waals surface area (Å²) in [7, 11) is 1.96. The van der Waals surface area contributed by atoms with Crippen molar-refractivity contribution in [1.29, 1.82) is 0 Å². The fraction of sp³-hybridized carbons (Fsp3) is 0.500. The van der Waals surface area contributed by atoms with E-state index in [2.05, 4.69) is 5.32 Å². The number of nitrogens with zero attached hydrogens (tertiary/aromatic N) is 1. The van der Waals surface area contributed by atoms with E-state index in [9.17, 15) is 9.18 Å². The maximum absolute atomic E-state index is 12.8. The van der Waals surface area contributed by atoms with Gasteiger partial charge in [0.2, 0.25) is 5.91 Å². The van der Waals surface area contributed by atoms with Crippen LogP contribution in [0.1, 0.15) is 18.4 Å². The smallest absolute Gasteiger partial charge is 0.226 e. The van der Waals surface area contributed by atoms with Crippen LogP contribution >= 0.6 is 12.4 Å². The van der Waals surface area contributed by atoms with Crippen LogP contribution in [0, 0.1) is 5.82 Å². The molecule has 1 aliphatic rings. The first-order valence-corrected chi connectivity index (χ1v) is 6.38. The first-order chi connectivity index (χ1) is 8.69. The number of hydrogen-bond acceptors (Lipinski definition) is 2. The van der Waals surface area contributed by atoms with Crippen molar-refractivity contribution in [2.45, 2.75) is 25.3 Å². The molecule has 0 radical (unpaired) electrons. The van der Waals surface area contributed by atoms with Gasteiger partial charge in [-0.3, -0.25) is 4.79 Å². The molecule has 0 atom stereocenters. The van der Waals surface area contributed by atoms with Crippen LogP contribution in [0.3, 0.4) is 0 Å². The summed E-state index contributed by atoms with van der Waals surface area (Å²) in [4.78, 5) is 14.0. The molecule has 2 rings (SSSR count). The summed E-state index contributed by atoms with van der Waals surface area (Å²) < 4.78 is 12.8. The molecule has 1 N–H and O–H groups in total. The van der Waals surface area contributed by atoms with Crippen LogP contribution in [0.15, 0.2) is 24.3 Å². The zero-order chi connectivity index (χ0) is 13.0. The lowest BCUT2D eigenvalue weighted by Crippen LogP contribution is -2.44. The van der Waals surface area contributed by atoms with Crippen molar-refractivity contribution in [2.75, 3.05) is 20.1 Å². The third-order valence-electron chi connectivity index (χ3n) is 3.52. The number of rotatable bonds is 3. The van der Waals surface area contributed by atoms with Crippen LogP contribution in [0.4, 0.5) is 4.39 Å². The van der Waals surface area contributed by atoms with Crippen LogP contribution in [0.5, 0.6) is 0 Å². The van der Waals surface area contributed by atoms with Gasteiger partial charge in [0.25, 0.3) is 0 Å². The van der Waals surface area contributed by atoms with Gasteiger partial charge in [-0.1, -0.05) is 12.1 Å². The minimum atomic E-state index is -0.263. The molecule has 106 valence electrons. The Kier molecular flexibility index (Phi) is 6.25. The number of amides is 1. The van der Waals surface area contributed by atoms with Crippen molar-refractivity contribution in [3.05, 3.63) is 35.6 Å². The van der Waals surface area contributed by atoms with Gasteiger partial charge < -0.3 is 10.2 Å². The predicted octanol–water partition coefficient (Wildman–Crippen LogP) is 2.00. The standard InChI is InChI=1S/C14H19FN2O.ClH/c1-16-13-6-8-17(9-7-13)14(18)10-11-2-4-12(15)5-3-11;/h2-5,13,16H,6-10H2,1H3;1H. The van der Waals surface area contributed by atoms with Gasteiger partial charge in [-0.15, -0.1) is 12.4 Å². The first-order valence-electron chi connectivity index (χ1n) is 6.38. The Hall–Kier alpha value is -1.13. The molecule has 0 aliphatic carbocycles. The maximum Gasteiger partial charge on any atom is 0.226 e. The normalized spacial score (nSPS) is 16.0. The number of likely N-dealkylation sites (tertiary alicyclic amines) is 1. The Balaban J connectivity index is 0.00000180. The van der Waals surface area contributed by atoms with Crippen molar-refractivity contribution < 1.29 is 9.18 Å². The van der Waals surface area contributed by atoms with Crippen LogP contribution in [-0.2, 0) is 11.2 Å². The Morgan fingerprint density at radius 1 is 1.32 bits per heavy atom. The van der Waals surface area contributed by atoms with Gasteiger partial charge in [0.05, 0.1) is 6.42 Å². The molecular formula is C14H20ClFN2O. The second kappa shape index (κ2) is 7.46. The van der Waals surface area contributed by atoms with E-state index >= 15 is 0 Å². The molecule has 0 spiro atoms. The number of carbonyl (C=O) groups excluding carboxylic acids is 1. The molecule has 0 aromatic heterocycles. The highest BCUT2D eigenvalue weighted by molar-refractivity contribution is 5.85. The Morgan fingerprint density at radius 2 is 1.89 bits per heavy atom. The topological polar surface area (TPSA) is 32.3 Å². The van der Waals surface area contributed by atoms with E-state index < -0.39 is 0 Å². The lowest BCUT2D eigenvalue weighted by atomic mass is 10.0. The Labute approximate surface area is 119 Å². The van der Waals surface area contributed by atoms with Crippen LogP contribution in [-0.4, -0.2) is 37.0 Å². The summed E-state index contributed by atoms with van der Waals surface area (Å²) in [6.45, 7) is 1.62. The van der Waals surface area contributed by atoms with Gasteiger partial charge in [0.1, 0.15) is 5.82 Å². The van der Waals surface area contributed by atoms with Crippen molar-refractivity contribution in [3.63, 3.8) is 0 Å². The van der Waals surface area contributed by atoms with Gasteiger partial charge in [-0.05, 0) is 37.6 Å². The second-order valence-electron chi connectivity index (χ2n) is 4.75. The second-order valence-corrected chi connectivity index (χ2v) is 4.75. The number of hydrogen-bond donors (Lipinski definition) is 1. The zero-order valence-corrected chi connectivity index (χ0v) is 11.9. The molecule has 1 aromatic carbocycles. The quantitative estimate of drug-likeness (QED) is 0.922. The van der Waals surface area contributed by atoms with E-state index in [1.54, 1.807) is 12.1 Å². The molecule has 0 unspecified atom stereocenters. The largest absolute Gasteiger partial charge is 0.342 e. The average molecular weight is 287 g/mol. The van der Waals surface area contributed by atoms with Gasteiger partial charge in [-0.25, -0.2) is 4.39 Å². The Bertz CT molecular complexity index is 402. The van der Waals surface area contributed by atoms with Gasteiger partial charge >= 0.3 is 0 Å². The molecule has 1 heterocycles. The molecule has 1 aliphatic heterocycles. The Morgan fingerprint density at radius 3 is 2.42 bits per heavy atom. The molecule has 1 fully saturated rings. The van der Waals surface area contributed by atoms with E-state index in [1.165, 1.54) is 12.1 Å². The van der Waals surface area contributed by atoms with E-state index in [4.69, 9.17) is 0 Å². The van der Waals surface area contributed by atoms with Crippen LogP contribution < -0.4 is 5.32 Å². The summed E-state index contributed by atoms with van der Waals surface area (Å²) in [5, 5.41) is 3.24. The van der Waals surface area contributed by atoms with Crippen molar-refractivity contribution in [3.8, 4) is 0 Å². The van der Waals surface area contributed by atoms with E-state index in [0.717, 1.165) is 31.5 Å². The minimum Gasteiger partial charge on any atom is -0.342 e. The summed E-state index contributed by atoms with van der Waals surface area (Å²) >= 11 is 0. The summed E-state index contributed by atoms with van der Waals surface area (Å²) in [6.07, 6.45) is 2.38. The van der Waals surface area contributed by atoms with Gasteiger partial charge in [0.15, 0.2) is 0 Å².